The van der Waals surface area contributed by atoms with E-state index in [-0.39, 0.29) is 12.6 Å². The first-order valence-electron chi connectivity index (χ1n) is 6.80. The topological polar surface area (TPSA) is 74.8 Å². The molecule has 0 aliphatic heterocycles. The molecule has 1 rings (SSSR count). The molecule has 4 N–H and O–H groups in total. The number of quaternary nitrogens is 1. The second kappa shape index (κ2) is 8.31. The fourth-order valence-corrected chi connectivity index (χ4v) is 1.74. The van der Waals surface area contributed by atoms with Crippen molar-refractivity contribution in [2.75, 3.05) is 13.1 Å². The predicted octanol–water partition coefficient (Wildman–Crippen LogP) is 0.825. The number of carbonyl (C=O) groups is 2. The van der Waals surface area contributed by atoms with Gasteiger partial charge in [-0.05, 0) is 25.5 Å². The fourth-order valence-electron chi connectivity index (χ4n) is 1.74. The SMILES string of the molecule is CCCNC(=O)NC(=O)C[NH2+][C@H](C)c1ccc(F)cc1F. The Hall–Kier alpha value is -2.02. The molecule has 0 bridgehead atoms. The zero-order chi connectivity index (χ0) is 15.8. The van der Waals surface area contributed by atoms with Gasteiger partial charge in [-0.25, -0.2) is 13.6 Å². The number of hydrogen-bond donors (Lipinski definition) is 3. The van der Waals surface area contributed by atoms with Crippen molar-refractivity contribution in [3.63, 3.8) is 0 Å². The summed E-state index contributed by atoms with van der Waals surface area (Å²) < 4.78 is 26.4. The molecule has 3 amide bonds. The zero-order valence-corrected chi connectivity index (χ0v) is 12.1. The monoisotopic (exact) mass is 300 g/mol. The molecule has 0 aliphatic rings. The van der Waals surface area contributed by atoms with E-state index in [0.29, 0.717) is 12.1 Å². The van der Waals surface area contributed by atoms with E-state index in [4.69, 9.17) is 0 Å². The second-order valence-electron chi connectivity index (χ2n) is 4.70. The molecular weight excluding hydrogens is 280 g/mol. The maximum atomic E-state index is 13.6. The summed E-state index contributed by atoms with van der Waals surface area (Å²) >= 11 is 0. The van der Waals surface area contributed by atoms with E-state index >= 15 is 0 Å². The average molecular weight is 300 g/mol. The third-order valence-corrected chi connectivity index (χ3v) is 2.90. The van der Waals surface area contributed by atoms with Crippen LogP contribution in [0.5, 0.6) is 0 Å². The van der Waals surface area contributed by atoms with Crippen molar-refractivity contribution in [2.45, 2.75) is 26.3 Å². The summed E-state index contributed by atoms with van der Waals surface area (Å²) in [7, 11) is 0. The number of urea groups is 1. The Morgan fingerprint density at radius 3 is 2.67 bits per heavy atom. The molecule has 1 aromatic carbocycles. The molecule has 5 nitrogen and oxygen atoms in total. The van der Waals surface area contributed by atoms with Gasteiger partial charge >= 0.3 is 6.03 Å². The molecule has 0 radical (unpaired) electrons. The molecule has 0 heterocycles. The molecule has 1 atom stereocenters. The van der Waals surface area contributed by atoms with Gasteiger partial charge in [0.1, 0.15) is 17.7 Å². The van der Waals surface area contributed by atoms with Crippen molar-refractivity contribution in [1.82, 2.24) is 10.6 Å². The number of carbonyl (C=O) groups excluding carboxylic acids is 2. The van der Waals surface area contributed by atoms with Gasteiger partial charge in [-0.15, -0.1) is 0 Å². The third kappa shape index (κ3) is 5.86. The summed E-state index contributed by atoms with van der Waals surface area (Å²) in [5.74, 6) is -1.77. The van der Waals surface area contributed by atoms with Crippen LogP contribution in [0.4, 0.5) is 13.6 Å². The highest BCUT2D eigenvalue weighted by Crippen LogP contribution is 2.14. The molecule has 0 saturated carbocycles. The van der Waals surface area contributed by atoms with Gasteiger partial charge in [-0.2, -0.15) is 0 Å². The number of nitrogens with two attached hydrogens (primary N) is 1. The van der Waals surface area contributed by atoms with Crippen molar-refractivity contribution < 1.29 is 23.7 Å². The van der Waals surface area contributed by atoms with Crippen molar-refractivity contribution >= 4 is 11.9 Å². The van der Waals surface area contributed by atoms with Crippen LogP contribution in [0, 0.1) is 11.6 Å². The Morgan fingerprint density at radius 2 is 2.05 bits per heavy atom. The summed E-state index contributed by atoms with van der Waals surface area (Å²) in [5, 5.41) is 6.25. The van der Waals surface area contributed by atoms with Crippen LogP contribution < -0.4 is 16.0 Å². The van der Waals surface area contributed by atoms with E-state index in [9.17, 15) is 18.4 Å². The number of amides is 3. The molecule has 0 saturated heterocycles. The summed E-state index contributed by atoms with van der Waals surface area (Å²) in [6.07, 6.45) is 0.772. The summed E-state index contributed by atoms with van der Waals surface area (Å²) in [6, 6.07) is 2.40. The van der Waals surface area contributed by atoms with E-state index < -0.39 is 23.6 Å². The van der Waals surface area contributed by atoms with Crippen LogP contribution in [0.25, 0.3) is 0 Å². The van der Waals surface area contributed by atoms with E-state index in [1.54, 1.807) is 12.2 Å². The van der Waals surface area contributed by atoms with Crippen LogP contribution in [0.2, 0.25) is 0 Å². The van der Waals surface area contributed by atoms with Gasteiger partial charge in [0.25, 0.3) is 5.91 Å². The Kier molecular flexibility index (Phi) is 6.74. The van der Waals surface area contributed by atoms with E-state index in [2.05, 4.69) is 10.6 Å². The van der Waals surface area contributed by atoms with Gasteiger partial charge in [0.2, 0.25) is 0 Å². The van der Waals surface area contributed by atoms with Crippen molar-refractivity contribution in [1.29, 1.82) is 0 Å². The lowest BCUT2D eigenvalue weighted by Crippen LogP contribution is -2.87. The third-order valence-electron chi connectivity index (χ3n) is 2.90. The molecule has 0 aliphatic carbocycles. The van der Waals surface area contributed by atoms with E-state index in [1.807, 2.05) is 6.92 Å². The number of halogens is 2. The highest BCUT2D eigenvalue weighted by Gasteiger charge is 2.16. The molecule has 1 aromatic rings. The van der Waals surface area contributed by atoms with Gasteiger partial charge in [-0.1, -0.05) is 6.92 Å². The largest absolute Gasteiger partial charge is 0.338 e. The van der Waals surface area contributed by atoms with Crippen molar-refractivity contribution in [2.24, 2.45) is 0 Å². The van der Waals surface area contributed by atoms with Gasteiger partial charge < -0.3 is 10.6 Å². The first kappa shape index (κ1) is 17.0. The molecule has 116 valence electrons. The lowest BCUT2D eigenvalue weighted by molar-refractivity contribution is -0.682. The number of rotatable bonds is 6. The summed E-state index contributed by atoms with van der Waals surface area (Å²) in [5.41, 5.74) is 0.305. The normalized spacial score (nSPS) is 11.8. The van der Waals surface area contributed by atoms with Crippen molar-refractivity contribution in [3.8, 4) is 0 Å². The van der Waals surface area contributed by atoms with E-state index in [1.165, 1.54) is 12.1 Å². The predicted molar refractivity (Wildman–Crippen MR) is 73.4 cm³/mol. The number of nitrogens with one attached hydrogen (secondary N) is 2. The lowest BCUT2D eigenvalue weighted by atomic mass is 10.1. The summed E-state index contributed by atoms with van der Waals surface area (Å²) in [6.45, 7) is 4.05. The highest BCUT2D eigenvalue weighted by molar-refractivity contribution is 5.94. The quantitative estimate of drug-likeness (QED) is 0.728. The Morgan fingerprint density at radius 1 is 1.33 bits per heavy atom. The van der Waals surface area contributed by atoms with Crippen LogP contribution in [0.3, 0.4) is 0 Å². The average Bonchev–Trinajstić information content (AvgIpc) is 2.42. The lowest BCUT2D eigenvalue weighted by Gasteiger charge is -2.12. The maximum Gasteiger partial charge on any atom is 0.321 e. The van der Waals surface area contributed by atoms with Crippen LogP contribution in [-0.2, 0) is 4.79 Å². The smallest absolute Gasteiger partial charge is 0.321 e. The highest BCUT2D eigenvalue weighted by atomic mass is 19.1. The van der Waals surface area contributed by atoms with Gasteiger partial charge in [0, 0.05) is 18.2 Å². The molecule has 0 spiro atoms. The molecule has 21 heavy (non-hydrogen) atoms. The first-order valence-corrected chi connectivity index (χ1v) is 6.80. The summed E-state index contributed by atoms with van der Waals surface area (Å²) in [4.78, 5) is 22.8. The van der Waals surface area contributed by atoms with Gasteiger partial charge in [-0.3, -0.25) is 10.1 Å². The number of imide groups is 1. The first-order chi connectivity index (χ1) is 9.93. The van der Waals surface area contributed by atoms with Crippen molar-refractivity contribution in [3.05, 3.63) is 35.4 Å². The number of hydrogen-bond acceptors (Lipinski definition) is 2. The Bertz CT molecular complexity index is 509. The van der Waals surface area contributed by atoms with E-state index in [0.717, 1.165) is 12.5 Å². The Balaban J connectivity index is 2.43. The van der Waals surface area contributed by atoms with Crippen LogP contribution in [0.15, 0.2) is 18.2 Å². The van der Waals surface area contributed by atoms with Crippen LogP contribution >= 0.6 is 0 Å². The molecular formula is C14H20F2N3O2+. The molecule has 7 heteroatoms. The maximum absolute atomic E-state index is 13.6. The zero-order valence-electron chi connectivity index (χ0n) is 12.1. The van der Waals surface area contributed by atoms with Gasteiger partial charge in [0.05, 0.1) is 0 Å². The minimum Gasteiger partial charge on any atom is -0.338 e. The minimum atomic E-state index is -0.653. The number of benzene rings is 1. The van der Waals surface area contributed by atoms with Crippen LogP contribution in [-0.4, -0.2) is 25.0 Å². The standard InChI is InChI=1S/C14H19F2N3O2/c1-3-6-17-14(21)19-13(20)8-18-9(2)11-5-4-10(15)7-12(11)16/h4-5,7,9,18H,3,6,8H2,1-2H3,(H2,17,19,20,21)/p+1/t9-/m1/s1. The molecule has 0 fully saturated rings. The van der Waals surface area contributed by atoms with Gasteiger partial charge in [0.15, 0.2) is 6.54 Å². The van der Waals surface area contributed by atoms with Crippen LogP contribution in [0.1, 0.15) is 31.9 Å². The second-order valence-corrected chi connectivity index (χ2v) is 4.70. The molecule has 0 aromatic heterocycles. The fraction of sp³-hybridized carbons (Fsp3) is 0.429. The minimum absolute atomic E-state index is 0.0302. The molecule has 0 unspecified atom stereocenters. The Labute approximate surface area is 122 Å².